The summed E-state index contributed by atoms with van der Waals surface area (Å²) in [5.74, 6) is -0.216. The zero-order valence-electron chi connectivity index (χ0n) is 15.1. The minimum atomic E-state index is -0.586. The van der Waals surface area contributed by atoms with Crippen LogP contribution in [0.1, 0.15) is 40.5 Å². The predicted octanol–water partition coefficient (Wildman–Crippen LogP) is 2.46. The number of hydrogen-bond donors (Lipinski definition) is 4. The zero-order valence-corrected chi connectivity index (χ0v) is 15.1. The molecule has 1 aromatic carbocycles. The van der Waals surface area contributed by atoms with Crippen molar-refractivity contribution in [2.24, 2.45) is 5.92 Å². The highest BCUT2D eigenvalue weighted by Crippen LogP contribution is 2.30. The van der Waals surface area contributed by atoms with Crippen LogP contribution < -0.4 is 21.3 Å². The molecule has 0 radical (unpaired) electrons. The first-order valence-electron chi connectivity index (χ1n) is 8.44. The lowest BCUT2D eigenvalue weighted by Crippen LogP contribution is -2.51. The first kappa shape index (κ1) is 18.8. The van der Waals surface area contributed by atoms with E-state index < -0.39 is 23.5 Å². The standard InChI is InChI=1S/C18H26N4O3/c1-11(15(23)21-17(25)22-18(2,3)4)19-13-7-9-14(10-8-13)20-16(24)12-5-6-12/h7-12,19H,5-6H2,1-4H3,(H,20,24)(H2,21,22,23,25). The van der Waals surface area contributed by atoms with Gasteiger partial charge in [0.1, 0.15) is 6.04 Å². The molecule has 1 atom stereocenters. The predicted molar refractivity (Wildman–Crippen MR) is 97.3 cm³/mol. The molecule has 136 valence electrons. The van der Waals surface area contributed by atoms with Gasteiger partial charge in [-0.25, -0.2) is 4.79 Å². The van der Waals surface area contributed by atoms with Crippen LogP contribution in [0.3, 0.4) is 0 Å². The van der Waals surface area contributed by atoms with E-state index in [2.05, 4.69) is 21.3 Å². The Morgan fingerprint density at radius 3 is 2.12 bits per heavy atom. The number of carbonyl (C=O) groups is 3. The van der Waals surface area contributed by atoms with Crippen molar-refractivity contribution < 1.29 is 14.4 Å². The second-order valence-corrected chi connectivity index (χ2v) is 7.40. The summed E-state index contributed by atoms with van der Waals surface area (Å²) in [5.41, 5.74) is 1.04. The van der Waals surface area contributed by atoms with Crippen molar-refractivity contribution in [2.75, 3.05) is 10.6 Å². The van der Waals surface area contributed by atoms with Gasteiger partial charge in [0.25, 0.3) is 0 Å². The van der Waals surface area contributed by atoms with Gasteiger partial charge in [0, 0.05) is 22.8 Å². The van der Waals surface area contributed by atoms with Crippen LogP contribution in [0.5, 0.6) is 0 Å². The van der Waals surface area contributed by atoms with Gasteiger partial charge in [-0.3, -0.25) is 14.9 Å². The molecular weight excluding hydrogens is 320 g/mol. The Labute approximate surface area is 147 Å². The number of benzene rings is 1. The van der Waals surface area contributed by atoms with Gasteiger partial charge >= 0.3 is 6.03 Å². The number of imide groups is 1. The normalized spacial score (nSPS) is 15.0. The minimum absolute atomic E-state index is 0.0540. The smallest absolute Gasteiger partial charge is 0.321 e. The van der Waals surface area contributed by atoms with E-state index in [1.165, 1.54) is 0 Å². The SMILES string of the molecule is CC(Nc1ccc(NC(=O)C2CC2)cc1)C(=O)NC(=O)NC(C)(C)C. The second kappa shape index (κ2) is 7.55. The quantitative estimate of drug-likeness (QED) is 0.658. The fraction of sp³-hybridized carbons (Fsp3) is 0.500. The fourth-order valence-electron chi connectivity index (χ4n) is 2.15. The summed E-state index contributed by atoms with van der Waals surface area (Å²) < 4.78 is 0. The van der Waals surface area contributed by atoms with E-state index in [4.69, 9.17) is 0 Å². The van der Waals surface area contributed by atoms with Crippen molar-refractivity contribution in [3.8, 4) is 0 Å². The second-order valence-electron chi connectivity index (χ2n) is 7.40. The van der Waals surface area contributed by atoms with Gasteiger partial charge in [0.2, 0.25) is 11.8 Å². The monoisotopic (exact) mass is 346 g/mol. The third-order valence-electron chi connectivity index (χ3n) is 3.60. The minimum Gasteiger partial charge on any atom is -0.374 e. The van der Waals surface area contributed by atoms with E-state index in [-0.39, 0.29) is 11.8 Å². The third-order valence-corrected chi connectivity index (χ3v) is 3.60. The van der Waals surface area contributed by atoms with Crippen LogP contribution in [0.15, 0.2) is 24.3 Å². The summed E-state index contributed by atoms with van der Waals surface area (Å²) in [6, 6.07) is 6.00. The Morgan fingerprint density at radius 2 is 1.60 bits per heavy atom. The number of amides is 4. The number of nitrogens with one attached hydrogen (secondary N) is 4. The summed E-state index contributed by atoms with van der Waals surface area (Å²) in [4.78, 5) is 35.5. The maximum Gasteiger partial charge on any atom is 0.321 e. The number of urea groups is 1. The zero-order chi connectivity index (χ0) is 18.6. The lowest BCUT2D eigenvalue weighted by molar-refractivity contribution is -0.120. The van der Waals surface area contributed by atoms with Gasteiger partial charge < -0.3 is 16.0 Å². The molecule has 0 aliphatic heterocycles. The summed E-state index contributed by atoms with van der Waals surface area (Å²) >= 11 is 0. The fourth-order valence-corrected chi connectivity index (χ4v) is 2.15. The van der Waals surface area contributed by atoms with Crippen molar-refractivity contribution in [3.05, 3.63) is 24.3 Å². The number of carbonyl (C=O) groups excluding carboxylic acids is 3. The van der Waals surface area contributed by atoms with Crippen LogP contribution in [0, 0.1) is 5.92 Å². The molecule has 7 heteroatoms. The van der Waals surface area contributed by atoms with Crippen molar-refractivity contribution in [3.63, 3.8) is 0 Å². The number of rotatable bonds is 5. The molecule has 1 fully saturated rings. The number of anilines is 2. The Hall–Kier alpha value is -2.57. The van der Waals surface area contributed by atoms with E-state index in [9.17, 15) is 14.4 Å². The van der Waals surface area contributed by atoms with Crippen molar-refractivity contribution in [2.45, 2.75) is 52.1 Å². The Bertz CT molecular complexity index is 645. The van der Waals surface area contributed by atoms with Crippen molar-refractivity contribution in [1.29, 1.82) is 0 Å². The molecule has 2 rings (SSSR count). The van der Waals surface area contributed by atoms with Crippen LogP contribution in [-0.4, -0.2) is 29.4 Å². The topological polar surface area (TPSA) is 99.3 Å². The molecule has 0 heterocycles. The molecule has 1 aliphatic carbocycles. The molecule has 7 nitrogen and oxygen atoms in total. The van der Waals surface area contributed by atoms with Crippen LogP contribution in [-0.2, 0) is 9.59 Å². The molecule has 1 unspecified atom stereocenters. The molecule has 0 bridgehead atoms. The van der Waals surface area contributed by atoms with Crippen molar-refractivity contribution in [1.82, 2.24) is 10.6 Å². The van der Waals surface area contributed by atoms with Gasteiger partial charge in [-0.2, -0.15) is 0 Å². The molecular formula is C18H26N4O3. The molecule has 25 heavy (non-hydrogen) atoms. The van der Waals surface area contributed by atoms with E-state index in [1.54, 1.807) is 31.2 Å². The Kier molecular flexibility index (Phi) is 5.66. The highest BCUT2D eigenvalue weighted by Gasteiger charge is 2.29. The molecule has 4 amide bonds. The highest BCUT2D eigenvalue weighted by molar-refractivity contribution is 5.98. The van der Waals surface area contributed by atoms with Gasteiger partial charge in [-0.05, 0) is 64.8 Å². The summed E-state index contributed by atoms with van der Waals surface area (Å²) in [6.45, 7) is 7.18. The Balaban J connectivity index is 1.82. The first-order chi connectivity index (χ1) is 11.6. The van der Waals surface area contributed by atoms with E-state index in [0.29, 0.717) is 0 Å². The average Bonchev–Trinajstić information content (AvgIpc) is 3.31. The first-order valence-corrected chi connectivity index (χ1v) is 8.44. The van der Waals surface area contributed by atoms with Gasteiger partial charge in [-0.15, -0.1) is 0 Å². The van der Waals surface area contributed by atoms with Gasteiger partial charge in [0.15, 0.2) is 0 Å². The lowest BCUT2D eigenvalue weighted by Gasteiger charge is -2.21. The molecule has 0 spiro atoms. The van der Waals surface area contributed by atoms with E-state index in [0.717, 1.165) is 24.2 Å². The Morgan fingerprint density at radius 1 is 1.04 bits per heavy atom. The van der Waals surface area contributed by atoms with Crippen LogP contribution >= 0.6 is 0 Å². The molecule has 0 saturated heterocycles. The van der Waals surface area contributed by atoms with Gasteiger partial charge in [0.05, 0.1) is 0 Å². The molecule has 4 N–H and O–H groups in total. The lowest BCUT2D eigenvalue weighted by atomic mass is 10.1. The maximum atomic E-state index is 12.0. The summed E-state index contributed by atoms with van der Waals surface area (Å²) in [6.07, 6.45) is 1.92. The largest absolute Gasteiger partial charge is 0.374 e. The van der Waals surface area contributed by atoms with E-state index in [1.807, 2.05) is 20.8 Å². The number of hydrogen-bond acceptors (Lipinski definition) is 4. The summed E-state index contributed by atoms with van der Waals surface area (Å²) in [5, 5.41) is 10.9. The highest BCUT2D eigenvalue weighted by atomic mass is 16.2. The molecule has 0 aromatic heterocycles. The van der Waals surface area contributed by atoms with Crippen LogP contribution in [0.4, 0.5) is 16.2 Å². The molecule has 1 aliphatic rings. The van der Waals surface area contributed by atoms with Crippen LogP contribution in [0.25, 0.3) is 0 Å². The summed E-state index contributed by atoms with van der Waals surface area (Å²) in [7, 11) is 0. The van der Waals surface area contributed by atoms with E-state index >= 15 is 0 Å². The van der Waals surface area contributed by atoms with Crippen molar-refractivity contribution >= 4 is 29.2 Å². The average molecular weight is 346 g/mol. The van der Waals surface area contributed by atoms with Crippen LogP contribution in [0.2, 0.25) is 0 Å². The molecule has 1 aromatic rings. The van der Waals surface area contributed by atoms with Gasteiger partial charge in [-0.1, -0.05) is 0 Å². The molecule has 1 saturated carbocycles. The third kappa shape index (κ3) is 6.45. The maximum absolute atomic E-state index is 12.0.